The van der Waals surface area contributed by atoms with Crippen molar-refractivity contribution in [3.63, 3.8) is 0 Å². The highest BCUT2D eigenvalue weighted by Gasteiger charge is 2.37. The van der Waals surface area contributed by atoms with Gasteiger partial charge in [-0.15, -0.1) is 0 Å². The van der Waals surface area contributed by atoms with Crippen LogP contribution < -0.4 is 5.56 Å². The van der Waals surface area contributed by atoms with Crippen LogP contribution in [0.1, 0.15) is 20.7 Å². The monoisotopic (exact) mass is 304 g/mol. The summed E-state index contributed by atoms with van der Waals surface area (Å²) in [6, 6.07) is 16.2. The van der Waals surface area contributed by atoms with Crippen LogP contribution in [0.2, 0.25) is 0 Å². The fraction of sp³-hybridized carbons (Fsp3) is 0.0556. The standard InChI is InChI=1S/C18H12N2O3/c1-19-18(23)14-15(20(19)11-7-3-2-4-8-11)12-9-5-6-10-13(12)16(21)17(14)22/h2-10H,1H3. The molecule has 0 amide bonds. The van der Waals surface area contributed by atoms with Crippen molar-refractivity contribution in [2.75, 3.05) is 0 Å². The van der Waals surface area contributed by atoms with E-state index in [2.05, 4.69) is 0 Å². The Balaban J connectivity index is 2.18. The number of hydrogen-bond donors (Lipinski definition) is 0. The van der Waals surface area contributed by atoms with Gasteiger partial charge in [0.25, 0.3) is 5.56 Å². The van der Waals surface area contributed by atoms with Crippen LogP contribution in [0.4, 0.5) is 0 Å². The molecule has 5 heteroatoms. The van der Waals surface area contributed by atoms with Crippen LogP contribution in [0.25, 0.3) is 16.9 Å². The Hall–Kier alpha value is -3.21. The van der Waals surface area contributed by atoms with Gasteiger partial charge in [-0.05, 0) is 12.1 Å². The molecule has 1 aliphatic carbocycles. The van der Waals surface area contributed by atoms with E-state index < -0.39 is 17.1 Å². The summed E-state index contributed by atoms with van der Waals surface area (Å²) >= 11 is 0. The molecule has 0 N–H and O–H groups in total. The van der Waals surface area contributed by atoms with Crippen LogP contribution in [0.3, 0.4) is 0 Å². The first-order chi connectivity index (χ1) is 11.1. The van der Waals surface area contributed by atoms with Gasteiger partial charge in [0.15, 0.2) is 0 Å². The van der Waals surface area contributed by atoms with Crippen molar-refractivity contribution in [3.05, 3.63) is 76.1 Å². The Morgan fingerprint density at radius 2 is 1.35 bits per heavy atom. The molecular weight excluding hydrogens is 292 g/mol. The Morgan fingerprint density at radius 1 is 0.739 bits per heavy atom. The average molecular weight is 304 g/mol. The van der Waals surface area contributed by atoms with Crippen LogP contribution >= 0.6 is 0 Å². The summed E-state index contributed by atoms with van der Waals surface area (Å²) in [7, 11) is 1.59. The summed E-state index contributed by atoms with van der Waals surface area (Å²) in [6.07, 6.45) is 0. The zero-order valence-corrected chi connectivity index (χ0v) is 12.3. The van der Waals surface area contributed by atoms with Crippen molar-refractivity contribution < 1.29 is 9.59 Å². The number of Topliss-reactive ketones (excluding diaryl/α,β-unsaturated/α-hetero) is 2. The van der Waals surface area contributed by atoms with Gasteiger partial charge >= 0.3 is 0 Å². The minimum atomic E-state index is -0.742. The molecule has 23 heavy (non-hydrogen) atoms. The summed E-state index contributed by atoms with van der Waals surface area (Å²) in [5, 5.41) is 0. The molecule has 3 aromatic rings. The number of fused-ring (bicyclic) bond motifs is 3. The molecule has 0 unspecified atom stereocenters. The molecule has 4 rings (SSSR count). The lowest BCUT2D eigenvalue weighted by Crippen LogP contribution is -2.27. The van der Waals surface area contributed by atoms with E-state index in [1.54, 1.807) is 36.0 Å². The highest BCUT2D eigenvalue weighted by Crippen LogP contribution is 2.33. The van der Waals surface area contributed by atoms with E-state index in [0.717, 1.165) is 5.69 Å². The van der Waals surface area contributed by atoms with Gasteiger partial charge in [0.2, 0.25) is 11.6 Å². The second-order valence-corrected chi connectivity index (χ2v) is 5.40. The van der Waals surface area contributed by atoms with Crippen LogP contribution in [0, 0.1) is 0 Å². The van der Waals surface area contributed by atoms with Crippen molar-refractivity contribution in [2.24, 2.45) is 7.05 Å². The topological polar surface area (TPSA) is 61.1 Å². The average Bonchev–Trinajstić information content (AvgIpc) is 2.85. The van der Waals surface area contributed by atoms with Gasteiger partial charge in [0, 0.05) is 18.2 Å². The summed E-state index contributed by atoms with van der Waals surface area (Å²) in [6.45, 7) is 0. The predicted molar refractivity (Wildman–Crippen MR) is 85.1 cm³/mol. The van der Waals surface area contributed by atoms with Crippen LogP contribution in [0.15, 0.2) is 59.4 Å². The number of carbonyl (C=O) groups is 2. The van der Waals surface area contributed by atoms with Crippen LogP contribution in [-0.2, 0) is 7.05 Å². The second kappa shape index (κ2) is 4.64. The van der Waals surface area contributed by atoms with Crippen molar-refractivity contribution >= 4 is 11.6 Å². The lowest BCUT2D eigenvalue weighted by molar-refractivity contribution is 0.0814. The third kappa shape index (κ3) is 1.70. The molecule has 0 bridgehead atoms. The normalized spacial score (nSPS) is 12.9. The molecule has 0 saturated carbocycles. The van der Waals surface area contributed by atoms with Crippen molar-refractivity contribution in [3.8, 4) is 16.9 Å². The van der Waals surface area contributed by atoms with Gasteiger partial charge in [-0.3, -0.25) is 14.4 Å². The third-order valence-corrected chi connectivity index (χ3v) is 4.12. The fourth-order valence-electron chi connectivity index (χ4n) is 3.06. The van der Waals surface area contributed by atoms with Gasteiger partial charge < -0.3 is 0 Å². The van der Waals surface area contributed by atoms with Crippen molar-refractivity contribution in [2.45, 2.75) is 0 Å². The first-order valence-corrected chi connectivity index (χ1v) is 7.17. The molecule has 1 aliphatic rings. The molecule has 0 spiro atoms. The third-order valence-electron chi connectivity index (χ3n) is 4.12. The Morgan fingerprint density at radius 3 is 2.04 bits per heavy atom. The minimum Gasteiger partial charge on any atom is -0.285 e. The summed E-state index contributed by atoms with van der Waals surface area (Å²) in [5.41, 5.74) is 1.65. The lowest BCUT2D eigenvalue weighted by Gasteiger charge is -2.17. The Kier molecular flexibility index (Phi) is 2.72. The Labute approximate surface area is 131 Å². The number of hydrogen-bond acceptors (Lipinski definition) is 3. The molecular formula is C18H12N2O3. The maximum atomic E-state index is 12.5. The van der Waals surface area contributed by atoms with E-state index in [1.165, 1.54) is 4.68 Å². The van der Waals surface area contributed by atoms with E-state index >= 15 is 0 Å². The number of benzene rings is 2. The molecule has 1 aromatic heterocycles. The predicted octanol–water partition coefficient (Wildman–Crippen LogP) is 2.22. The molecule has 2 aromatic carbocycles. The highest BCUT2D eigenvalue weighted by molar-refractivity contribution is 6.52. The van der Waals surface area contributed by atoms with E-state index in [0.29, 0.717) is 16.8 Å². The summed E-state index contributed by atoms with van der Waals surface area (Å²) in [5.74, 6) is -1.37. The molecule has 0 saturated heterocycles. The van der Waals surface area contributed by atoms with Gasteiger partial charge in [0.1, 0.15) is 5.56 Å². The van der Waals surface area contributed by atoms with Crippen LogP contribution in [-0.4, -0.2) is 20.9 Å². The smallest absolute Gasteiger partial charge is 0.278 e. The molecule has 112 valence electrons. The Bertz CT molecular complexity index is 1030. The van der Waals surface area contributed by atoms with Gasteiger partial charge in [-0.25, -0.2) is 9.36 Å². The molecule has 0 aliphatic heterocycles. The van der Waals surface area contributed by atoms with Crippen LogP contribution in [0.5, 0.6) is 0 Å². The maximum absolute atomic E-state index is 12.5. The summed E-state index contributed by atoms with van der Waals surface area (Å²) in [4.78, 5) is 37.2. The van der Waals surface area contributed by atoms with E-state index in [4.69, 9.17) is 0 Å². The van der Waals surface area contributed by atoms with E-state index in [9.17, 15) is 14.4 Å². The lowest BCUT2D eigenvalue weighted by atomic mass is 9.88. The first-order valence-electron chi connectivity index (χ1n) is 7.17. The van der Waals surface area contributed by atoms with Crippen molar-refractivity contribution in [1.82, 2.24) is 9.36 Å². The number of rotatable bonds is 1. The van der Waals surface area contributed by atoms with Crippen molar-refractivity contribution in [1.29, 1.82) is 0 Å². The second-order valence-electron chi connectivity index (χ2n) is 5.40. The number of aromatic nitrogens is 2. The van der Waals surface area contributed by atoms with Gasteiger partial charge in [0.05, 0.1) is 11.4 Å². The fourth-order valence-corrected chi connectivity index (χ4v) is 3.06. The molecule has 0 atom stereocenters. The first kappa shape index (κ1) is 13.5. The number of ketones is 2. The molecule has 1 heterocycles. The largest absolute Gasteiger partial charge is 0.285 e. The molecule has 5 nitrogen and oxygen atoms in total. The quantitative estimate of drug-likeness (QED) is 0.648. The SMILES string of the molecule is Cn1c(=O)c2c(n1-c1ccccc1)-c1ccccc1C(=O)C2=O. The van der Waals surface area contributed by atoms with Gasteiger partial charge in [-0.2, -0.15) is 0 Å². The number of para-hydroxylation sites is 1. The molecule has 0 fully saturated rings. The minimum absolute atomic E-state index is 0.0555. The van der Waals surface area contributed by atoms with Gasteiger partial charge in [-0.1, -0.05) is 42.5 Å². The maximum Gasteiger partial charge on any atom is 0.278 e. The highest BCUT2D eigenvalue weighted by atomic mass is 16.2. The summed E-state index contributed by atoms with van der Waals surface area (Å²) < 4.78 is 3.05. The number of nitrogens with zero attached hydrogens (tertiary/aromatic N) is 2. The zero-order valence-electron chi connectivity index (χ0n) is 12.3. The van der Waals surface area contributed by atoms with E-state index in [-0.39, 0.29) is 5.56 Å². The van der Waals surface area contributed by atoms with E-state index in [1.807, 2.05) is 30.3 Å². The number of carbonyl (C=O) groups excluding carboxylic acids is 2. The molecule has 0 radical (unpaired) electrons. The zero-order chi connectivity index (χ0) is 16.1.